The molecule has 2 rings (SSSR count). The molecule has 0 saturated heterocycles. The van der Waals surface area contributed by atoms with E-state index in [4.69, 9.17) is 11.6 Å². The third-order valence-electron chi connectivity index (χ3n) is 2.79. The van der Waals surface area contributed by atoms with Gasteiger partial charge in [-0.05, 0) is 57.9 Å². The van der Waals surface area contributed by atoms with E-state index in [1.54, 1.807) is 16.8 Å². The maximum Gasteiger partial charge on any atom is 0.175 e. The number of halogens is 1. The van der Waals surface area contributed by atoms with E-state index < -0.39 is 0 Å². The summed E-state index contributed by atoms with van der Waals surface area (Å²) in [5, 5.41) is 16.0. The van der Waals surface area contributed by atoms with E-state index in [9.17, 15) is 0 Å². The summed E-state index contributed by atoms with van der Waals surface area (Å²) in [7, 11) is 0. The van der Waals surface area contributed by atoms with Crippen LogP contribution in [-0.4, -0.2) is 32.1 Å². The Bertz CT molecular complexity index is 541. The Balaban J connectivity index is 1.88. The van der Waals surface area contributed by atoms with Crippen molar-refractivity contribution in [3.63, 3.8) is 0 Å². The van der Waals surface area contributed by atoms with Gasteiger partial charge in [-0.25, -0.2) is 4.68 Å². The third-order valence-corrected chi connectivity index (χ3v) is 2.99. The van der Waals surface area contributed by atoms with Crippen molar-refractivity contribution in [2.75, 3.05) is 6.54 Å². The van der Waals surface area contributed by atoms with Gasteiger partial charge in [0, 0.05) is 11.7 Å². The monoisotopic (exact) mass is 293 g/mol. The molecule has 2 heterocycles. The van der Waals surface area contributed by atoms with E-state index in [1.807, 2.05) is 12.4 Å². The number of aromatic nitrogens is 4. The second-order valence-electron chi connectivity index (χ2n) is 5.79. The minimum Gasteiger partial charge on any atom is -0.312 e. The summed E-state index contributed by atoms with van der Waals surface area (Å²) in [6.45, 7) is 7.51. The molecule has 0 atom stereocenters. The zero-order valence-corrected chi connectivity index (χ0v) is 12.9. The van der Waals surface area contributed by atoms with Crippen LogP contribution in [0.4, 0.5) is 0 Å². The number of rotatable bonds is 5. The zero-order chi connectivity index (χ0) is 14.6. The summed E-state index contributed by atoms with van der Waals surface area (Å²) >= 11 is 5.72. The van der Waals surface area contributed by atoms with Crippen molar-refractivity contribution >= 4 is 11.6 Å². The van der Waals surface area contributed by atoms with E-state index in [-0.39, 0.29) is 5.54 Å². The molecule has 108 valence electrons. The maximum absolute atomic E-state index is 5.72. The fourth-order valence-electron chi connectivity index (χ4n) is 1.80. The molecule has 0 unspecified atom stereocenters. The standard InChI is InChI=1S/C14H20ClN5/c1-14(2,3)16-8-4-5-11-9-17-20(10-11)13-7-6-12(15)18-19-13/h6-7,9-10,16H,4-5,8H2,1-3H3. The number of hydrogen-bond acceptors (Lipinski definition) is 4. The number of nitrogens with zero attached hydrogens (tertiary/aromatic N) is 4. The Morgan fingerprint density at radius 2 is 2.05 bits per heavy atom. The summed E-state index contributed by atoms with van der Waals surface area (Å²) in [6, 6.07) is 3.51. The van der Waals surface area contributed by atoms with Gasteiger partial charge in [-0.3, -0.25) is 0 Å². The average Bonchev–Trinajstić information content (AvgIpc) is 2.83. The summed E-state index contributed by atoms with van der Waals surface area (Å²) < 4.78 is 1.72. The topological polar surface area (TPSA) is 55.6 Å². The van der Waals surface area contributed by atoms with Crippen LogP contribution in [0.25, 0.3) is 5.82 Å². The Morgan fingerprint density at radius 1 is 1.25 bits per heavy atom. The van der Waals surface area contributed by atoms with Crippen LogP contribution in [0.15, 0.2) is 24.5 Å². The molecule has 1 N–H and O–H groups in total. The normalized spacial score (nSPS) is 11.8. The van der Waals surface area contributed by atoms with Crippen LogP contribution < -0.4 is 5.32 Å². The van der Waals surface area contributed by atoms with E-state index >= 15 is 0 Å². The lowest BCUT2D eigenvalue weighted by atomic mass is 10.1. The lowest BCUT2D eigenvalue weighted by molar-refractivity contribution is 0.422. The van der Waals surface area contributed by atoms with Gasteiger partial charge in [-0.15, -0.1) is 10.2 Å². The molecule has 2 aromatic rings. The fraction of sp³-hybridized carbons (Fsp3) is 0.500. The Labute approximate surface area is 124 Å². The Morgan fingerprint density at radius 3 is 2.70 bits per heavy atom. The van der Waals surface area contributed by atoms with Crippen molar-refractivity contribution in [1.29, 1.82) is 0 Å². The van der Waals surface area contributed by atoms with Crippen LogP contribution in [0, 0.1) is 0 Å². The predicted octanol–water partition coefficient (Wildman–Crippen LogP) is 2.64. The van der Waals surface area contributed by atoms with Crippen LogP contribution in [0.2, 0.25) is 5.15 Å². The van der Waals surface area contributed by atoms with Crippen molar-refractivity contribution in [1.82, 2.24) is 25.3 Å². The van der Waals surface area contributed by atoms with Gasteiger partial charge in [0.2, 0.25) is 0 Å². The molecule has 6 heteroatoms. The van der Waals surface area contributed by atoms with Gasteiger partial charge in [-0.1, -0.05) is 11.6 Å². The van der Waals surface area contributed by atoms with E-state index in [0.29, 0.717) is 11.0 Å². The van der Waals surface area contributed by atoms with Crippen LogP contribution in [-0.2, 0) is 6.42 Å². The summed E-state index contributed by atoms with van der Waals surface area (Å²) in [5.41, 5.74) is 1.36. The minimum atomic E-state index is 0.170. The maximum atomic E-state index is 5.72. The van der Waals surface area contributed by atoms with Crippen molar-refractivity contribution in [2.24, 2.45) is 0 Å². The fourth-order valence-corrected chi connectivity index (χ4v) is 1.90. The predicted molar refractivity (Wildman–Crippen MR) is 80.2 cm³/mol. The minimum absolute atomic E-state index is 0.170. The van der Waals surface area contributed by atoms with Crippen LogP contribution >= 0.6 is 11.6 Å². The molecule has 0 aromatic carbocycles. The van der Waals surface area contributed by atoms with Gasteiger partial charge < -0.3 is 5.32 Å². The van der Waals surface area contributed by atoms with Gasteiger partial charge in [-0.2, -0.15) is 5.10 Å². The lowest BCUT2D eigenvalue weighted by Crippen LogP contribution is -2.36. The van der Waals surface area contributed by atoms with Crippen LogP contribution in [0.3, 0.4) is 0 Å². The smallest absolute Gasteiger partial charge is 0.175 e. The van der Waals surface area contributed by atoms with Crippen molar-refractivity contribution < 1.29 is 0 Å². The van der Waals surface area contributed by atoms with Crippen molar-refractivity contribution in [2.45, 2.75) is 39.2 Å². The molecular weight excluding hydrogens is 274 g/mol. The first-order valence-corrected chi connectivity index (χ1v) is 7.10. The van der Waals surface area contributed by atoms with Crippen LogP contribution in [0.1, 0.15) is 32.8 Å². The highest BCUT2D eigenvalue weighted by molar-refractivity contribution is 6.29. The molecule has 0 saturated carbocycles. The molecule has 0 aliphatic carbocycles. The molecule has 20 heavy (non-hydrogen) atoms. The molecule has 0 aliphatic heterocycles. The lowest BCUT2D eigenvalue weighted by Gasteiger charge is -2.20. The summed E-state index contributed by atoms with van der Waals surface area (Å²) in [5.74, 6) is 0.675. The van der Waals surface area contributed by atoms with E-state index in [0.717, 1.165) is 19.4 Å². The molecule has 5 nitrogen and oxygen atoms in total. The molecule has 0 fully saturated rings. The molecule has 0 aliphatic rings. The number of nitrogens with one attached hydrogen (secondary N) is 1. The number of hydrogen-bond donors (Lipinski definition) is 1. The van der Waals surface area contributed by atoms with Crippen molar-refractivity contribution in [3.05, 3.63) is 35.2 Å². The quantitative estimate of drug-likeness (QED) is 0.861. The third kappa shape index (κ3) is 4.58. The molecule has 2 aromatic heterocycles. The van der Waals surface area contributed by atoms with Gasteiger partial charge >= 0.3 is 0 Å². The molecule has 0 bridgehead atoms. The summed E-state index contributed by atoms with van der Waals surface area (Å²) in [6.07, 6.45) is 5.92. The molecule has 0 spiro atoms. The van der Waals surface area contributed by atoms with Gasteiger partial charge in [0.1, 0.15) is 0 Å². The molecule has 0 amide bonds. The van der Waals surface area contributed by atoms with Gasteiger partial charge in [0.15, 0.2) is 11.0 Å². The average molecular weight is 294 g/mol. The van der Waals surface area contributed by atoms with E-state index in [1.165, 1.54) is 5.56 Å². The second kappa shape index (κ2) is 6.33. The SMILES string of the molecule is CC(C)(C)NCCCc1cnn(-c2ccc(Cl)nn2)c1. The second-order valence-corrected chi connectivity index (χ2v) is 6.17. The van der Waals surface area contributed by atoms with Crippen LogP contribution in [0.5, 0.6) is 0 Å². The molecular formula is C14H20ClN5. The first-order chi connectivity index (χ1) is 9.44. The van der Waals surface area contributed by atoms with Gasteiger partial charge in [0.25, 0.3) is 0 Å². The Kier molecular flexibility index (Phi) is 4.73. The largest absolute Gasteiger partial charge is 0.312 e. The van der Waals surface area contributed by atoms with E-state index in [2.05, 4.69) is 41.4 Å². The highest BCUT2D eigenvalue weighted by Crippen LogP contribution is 2.09. The first-order valence-electron chi connectivity index (χ1n) is 6.72. The summed E-state index contributed by atoms with van der Waals surface area (Å²) in [4.78, 5) is 0. The number of aryl methyl sites for hydroxylation is 1. The first kappa shape index (κ1) is 14.9. The Hall–Kier alpha value is -1.46. The van der Waals surface area contributed by atoms with Gasteiger partial charge in [0.05, 0.1) is 6.20 Å². The highest BCUT2D eigenvalue weighted by Gasteiger charge is 2.08. The molecule has 0 radical (unpaired) electrons. The highest BCUT2D eigenvalue weighted by atomic mass is 35.5. The van der Waals surface area contributed by atoms with Crippen molar-refractivity contribution in [3.8, 4) is 5.82 Å². The zero-order valence-electron chi connectivity index (χ0n) is 12.1.